The third-order valence-corrected chi connectivity index (χ3v) is 5.34. The molecule has 0 saturated heterocycles. The molecule has 0 fully saturated rings. The lowest BCUT2D eigenvalue weighted by Gasteiger charge is -2.02. The van der Waals surface area contributed by atoms with E-state index < -0.39 is 5.97 Å². The largest absolute Gasteiger partial charge is 0.463 e. The Morgan fingerprint density at radius 3 is 2.90 bits per heavy atom. The van der Waals surface area contributed by atoms with Gasteiger partial charge in [-0.2, -0.15) is 5.26 Å². The minimum absolute atomic E-state index is 0.101. The molecule has 2 heterocycles. The van der Waals surface area contributed by atoms with Crippen molar-refractivity contribution in [2.24, 2.45) is 0 Å². The Kier molecular flexibility index (Phi) is 4.94. The molecule has 0 aliphatic heterocycles. The molecule has 6 nitrogen and oxygen atoms in total. The number of hydrogen-bond acceptors (Lipinski definition) is 7. The molecule has 0 spiro atoms. The van der Waals surface area contributed by atoms with Crippen molar-refractivity contribution in [3.63, 3.8) is 0 Å². The van der Waals surface area contributed by atoms with Gasteiger partial charge in [-0.25, -0.2) is 9.78 Å². The number of nitrogens with zero attached hydrogens (tertiary/aromatic N) is 2. The van der Waals surface area contributed by atoms with Crippen LogP contribution in [-0.2, 0) is 9.53 Å². The Morgan fingerprint density at radius 1 is 1.31 bits per heavy atom. The summed E-state index contributed by atoms with van der Waals surface area (Å²) in [4.78, 5) is 29.4. The lowest BCUT2D eigenvalue weighted by atomic mass is 10.1. The third kappa shape index (κ3) is 3.53. The molecule has 29 heavy (non-hydrogen) atoms. The van der Waals surface area contributed by atoms with E-state index in [9.17, 15) is 14.9 Å². The Balaban J connectivity index is 1.82. The maximum atomic E-state index is 12.9. The van der Waals surface area contributed by atoms with E-state index in [0.29, 0.717) is 11.0 Å². The van der Waals surface area contributed by atoms with Gasteiger partial charge in [-0.15, -0.1) is 11.3 Å². The number of carbonyl (C=O) groups excluding carboxylic acids is 1. The molecule has 0 atom stereocenters. The number of thiazole rings is 1. The van der Waals surface area contributed by atoms with E-state index in [0.717, 1.165) is 20.8 Å². The third-order valence-electron chi connectivity index (χ3n) is 4.26. The average Bonchev–Trinajstić information content (AvgIpc) is 3.17. The molecular weight excluding hydrogens is 388 g/mol. The van der Waals surface area contributed by atoms with Crippen molar-refractivity contribution >= 4 is 44.6 Å². The standard InChI is InChI=1S/C22H14N2O4S/c1-2-27-22(26)14(11-23)9-15-12-28-18-8-7-13(10-16(18)20(15)25)21-24-17-5-3-4-6-19(17)29-21/h3-10,12H,2H2,1H3. The number of carbonyl (C=O) groups is 1. The summed E-state index contributed by atoms with van der Waals surface area (Å²) in [6.45, 7) is 1.77. The van der Waals surface area contributed by atoms with E-state index in [1.165, 1.54) is 23.7 Å². The highest BCUT2D eigenvalue weighted by Gasteiger charge is 2.14. The quantitative estimate of drug-likeness (QED) is 0.283. The van der Waals surface area contributed by atoms with Crippen molar-refractivity contribution in [2.45, 2.75) is 6.92 Å². The smallest absolute Gasteiger partial charge is 0.348 e. The number of hydrogen-bond donors (Lipinski definition) is 0. The van der Waals surface area contributed by atoms with Crippen LogP contribution in [0.5, 0.6) is 0 Å². The minimum atomic E-state index is -0.780. The van der Waals surface area contributed by atoms with Crippen molar-refractivity contribution in [1.29, 1.82) is 5.26 Å². The SMILES string of the molecule is CCOC(=O)C(C#N)=Cc1coc2ccc(-c3nc4ccccc4s3)cc2c1=O. The van der Waals surface area contributed by atoms with Crippen LogP contribution in [0.2, 0.25) is 0 Å². The monoisotopic (exact) mass is 402 g/mol. The van der Waals surface area contributed by atoms with Gasteiger partial charge in [0.25, 0.3) is 0 Å². The molecule has 0 N–H and O–H groups in total. The predicted octanol–water partition coefficient (Wildman–Crippen LogP) is 4.54. The Hall–Kier alpha value is -3.76. The van der Waals surface area contributed by atoms with Gasteiger partial charge in [-0.3, -0.25) is 4.79 Å². The van der Waals surface area contributed by atoms with E-state index >= 15 is 0 Å². The number of nitriles is 1. The van der Waals surface area contributed by atoms with Crippen LogP contribution in [0.4, 0.5) is 0 Å². The van der Waals surface area contributed by atoms with Gasteiger partial charge in [0, 0.05) is 5.56 Å². The van der Waals surface area contributed by atoms with Gasteiger partial charge in [0.1, 0.15) is 28.5 Å². The topological polar surface area (TPSA) is 93.2 Å². The van der Waals surface area contributed by atoms with Gasteiger partial charge in [-0.1, -0.05) is 12.1 Å². The summed E-state index contributed by atoms with van der Waals surface area (Å²) >= 11 is 1.53. The van der Waals surface area contributed by atoms with Crippen molar-refractivity contribution < 1.29 is 13.9 Å². The summed E-state index contributed by atoms with van der Waals surface area (Å²) < 4.78 is 11.4. The molecule has 7 heteroatoms. The molecule has 0 saturated carbocycles. The molecule has 0 bridgehead atoms. The van der Waals surface area contributed by atoms with Crippen LogP contribution >= 0.6 is 11.3 Å². The zero-order valence-corrected chi connectivity index (χ0v) is 16.2. The average molecular weight is 402 g/mol. The summed E-state index contributed by atoms with van der Waals surface area (Å²) in [7, 11) is 0. The molecule has 4 aromatic rings. The first-order valence-corrected chi connectivity index (χ1v) is 9.62. The fraction of sp³-hybridized carbons (Fsp3) is 0.0909. The van der Waals surface area contributed by atoms with Gasteiger partial charge < -0.3 is 9.15 Å². The number of aromatic nitrogens is 1. The first kappa shape index (κ1) is 18.6. The van der Waals surface area contributed by atoms with E-state index in [1.807, 2.05) is 30.3 Å². The van der Waals surface area contributed by atoms with E-state index in [2.05, 4.69) is 4.98 Å². The second kappa shape index (κ2) is 7.70. The number of benzene rings is 2. The fourth-order valence-corrected chi connectivity index (χ4v) is 3.84. The second-order valence-corrected chi connectivity index (χ2v) is 7.14. The normalized spacial score (nSPS) is 11.5. The van der Waals surface area contributed by atoms with E-state index in [-0.39, 0.29) is 23.2 Å². The molecule has 2 aromatic heterocycles. The van der Waals surface area contributed by atoms with Gasteiger partial charge in [0.2, 0.25) is 0 Å². The van der Waals surface area contributed by atoms with Crippen LogP contribution in [0.15, 0.2) is 63.5 Å². The highest BCUT2D eigenvalue weighted by molar-refractivity contribution is 7.21. The fourth-order valence-electron chi connectivity index (χ4n) is 2.88. The zero-order valence-electron chi connectivity index (χ0n) is 15.3. The van der Waals surface area contributed by atoms with Crippen molar-refractivity contribution in [3.8, 4) is 16.6 Å². The molecule has 0 amide bonds. The van der Waals surface area contributed by atoms with Crippen molar-refractivity contribution in [2.75, 3.05) is 6.61 Å². The lowest BCUT2D eigenvalue weighted by Crippen LogP contribution is -2.09. The number of esters is 1. The maximum Gasteiger partial charge on any atom is 0.348 e. The Morgan fingerprint density at radius 2 is 2.14 bits per heavy atom. The molecule has 0 unspecified atom stereocenters. The summed E-state index contributed by atoms with van der Waals surface area (Å²) in [5.74, 6) is -0.780. The molecule has 4 rings (SSSR count). The van der Waals surface area contributed by atoms with Gasteiger partial charge in [0.05, 0.1) is 27.8 Å². The summed E-state index contributed by atoms with van der Waals surface area (Å²) in [5.41, 5.74) is 1.59. The number of fused-ring (bicyclic) bond motifs is 2. The van der Waals surface area contributed by atoms with Crippen LogP contribution in [0.3, 0.4) is 0 Å². The Bertz CT molecular complexity index is 1340. The summed E-state index contributed by atoms with van der Waals surface area (Å²) in [6.07, 6.45) is 2.42. The summed E-state index contributed by atoms with van der Waals surface area (Å²) in [5, 5.41) is 10.3. The van der Waals surface area contributed by atoms with Crippen molar-refractivity contribution in [1.82, 2.24) is 4.98 Å². The predicted molar refractivity (Wildman–Crippen MR) is 111 cm³/mol. The summed E-state index contributed by atoms with van der Waals surface area (Å²) in [6, 6.07) is 14.8. The first-order valence-electron chi connectivity index (χ1n) is 8.81. The number of rotatable bonds is 4. The molecule has 0 aliphatic carbocycles. The first-order chi connectivity index (χ1) is 14.1. The van der Waals surface area contributed by atoms with Gasteiger partial charge in [0.15, 0.2) is 5.43 Å². The van der Waals surface area contributed by atoms with E-state index in [1.54, 1.807) is 25.1 Å². The van der Waals surface area contributed by atoms with Crippen LogP contribution < -0.4 is 5.43 Å². The maximum absolute atomic E-state index is 12.9. The van der Waals surface area contributed by atoms with E-state index in [4.69, 9.17) is 9.15 Å². The molecule has 0 aliphatic rings. The molecule has 0 radical (unpaired) electrons. The molecular formula is C22H14N2O4S. The Labute approximate surface area is 169 Å². The number of para-hydroxylation sites is 1. The molecule has 2 aromatic carbocycles. The van der Waals surface area contributed by atoms with Crippen LogP contribution in [0, 0.1) is 11.3 Å². The van der Waals surface area contributed by atoms with Crippen LogP contribution in [0.1, 0.15) is 12.5 Å². The lowest BCUT2D eigenvalue weighted by molar-refractivity contribution is -0.137. The van der Waals surface area contributed by atoms with Crippen molar-refractivity contribution in [3.05, 3.63) is 70.1 Å². The van der Waals surface area contributed by atoms with Crippen LogP contribution in [0.25, 0.3) is 37.8 Å². The highest BCUT2D eigenvalue weighted by atomic mass is 32.1. The van der Waals surface area contributed by atoms with Gasteiger partial charge in [-0.05, 0) is 43.3 Å². The van der Waals surface area contributed by atoms with Crippen LogP contribution in [-0.4, -0.2) is 17.6 Å². The minimum Gasteiger partial charge on any atom is -0.463 e. The molecule has 142 valence electrons. The number of ether oxygens (including phenoxy) is 1. The van der Waals surface area contributed by atoms with Gasteiger partial charge >= 0.3 is 5.97 Å². The zero-order chi connectivity index (χ0) is 20.4. The second-order valence-electron chi connectivity index (χ2n) is 6.11. The highest BCUT2D eigenvalue weighted by Crippen LogP contribution is 2.31.